The number of carbonyl (C=O) groups is 1. The summed E-state index contributed by atoms with van der Waals surface area (Å²) in [5.41, 5.74) is 0.618. The summed E-state index contributed by atoms with van der Waals surface area (Å²) in [7, 11) is 0. The SMILES string of the molecule is C[C@@H](CN1CCCCC1=O)c1c(O)ccc(Cl)c1Cl. The largest absolute Gasteiger partial charge is 0.508 e. The highest BCUT2D eigenvalue weighted by atomic mass is 35.5. The molecule has 19 heavy (non-hydrogen) atoms. The second kappa shape index (κ2) is 6.02. The molecule has 0 saturated carbocycles. The van der Waals surface area contributed by atoms with Gasteiger partial charge in [-0.25, -0.2) is 0 Å². The van der Waals surface area contributed by atoms with Crippen LogP contribution in [0.4, 0.5) is 0 Å². The number of benzene rings is 1. The van der Waals surface area contributed by atoms with Gasteiger partial charge in [0.05, 0.1) is 10.0 Å². The van der Waals surface area contributed by atoms with Gasteiger partial charge in [0, 0.05) is 31.0 Å². The Morgan fingerprint density at radius 1 is 1.37 bits per heavy atom. The second-order valence-electron chi connectivity index (χ2n) is 4.99. The maximum atomic E-state index is 11.8. The zero-order chi connectivity index (χ0) is 14.0. The molecule has 1 fully saturated rings. The van der Waals surface area contributed by atoms with Crippen LogP contribution in [0.15, 0.2) is 12.1 Å². The number of nitrogens with zero attached hydrogens (tertiary/aromatic N) is 1. The molecular weight excluding hydrogens is 285 g/mol. The first-order valence-corrected chi connectivity index (χ1v) is 7.21. The van der Waals surface area contributed by atoms with Gasteiger partial charge < -0.3 is 10.0 Å². The van der Waals surface area contributed by atoms with E-state index in [4.69, 9.17) is 23.2 Å². The Balaban J connectivity index is 2.18. The first-order valence-electron chi connectivity index (χ1n) is 6.45. The van der Waals surface area contributed by atoms with E-state index in [-0.39, 0.29) is 17.6 Å². The van der Waals surface area contributed by atoms with Gasteiger partial charge in [0.15, 0.2) is 0 Å². The van der Waals surface area contributed by atoms with Gasteiger partial charge in [0.1, 0.15) is 5.75 Å². The summed E-state index contributed by atoms with van der Waals surface area (Å²) < 4.78 is 0. The van der Waals surface area contributed by atoms with Crippen LogP contribution in [0.1, 0.15) is 37.7 Å². The van der Waals surface area contributed by atoms with E-state index in [1.165, 1.54) is 6.07 Å². The molecule has 1 aliphatic rings. The summed E-state index contributed by atoms with van der Waals surface area (Å²) in [5.74, 6) is 0.260. The highest BCUT2D eigenvalue weighted by Gasteiger charge is 2.23. The van der Waals surface area contributed by atoms with Crippen LogP contribution in [0.5, 0.6) is 5.75 Å². The summed E-state index contributed by atoms with van der Waals surface area (Å²) in [6, 6.07) is 3.11. The normalized spacial score (nSPS) is 17.6. The lowest BCUT2D eigenvalue weighted by Crippen LogP contribution is -2.37. The van der Waals surface area contributed by atoms with E-state index in [1.54, 1.807) is 6.07 Å². The Kier molecular flexibility index (Phi) is 4.58. The molecule has 1 heterocycles. The van der Waals surface area contributed by atoms with Gasteiger partial charge >= 0.3 is 0 Å². The molecule has 0 aliphatic carbocycles. The van der Waals surface area contributed by atoms with E-state index in [9.17, 15) is 9.90 Å². The molecule has 104 valence electrons. The van der Waals surface area contributed by atoms with Crippen molar-refractivity contribution in [3.8, 4) is 5.75 Å². The minimum absolute atomic E-state index is 0.0479. The maximum Gasteiger partial charge on any atom is 0.222 e. The number of piperidine rings is 1. The molecule has 1 atom stereocenters. The van der Waals surface area contributed by atoms with Gasteiger partial charge in [0.25, 0.3) is 0 Å². The van der Waals surface area contributed by atoms with Crippen LogP contribution >= 0.6 is 23.2 Å². The number of phenolic OH excluding ortho intramolecular Hbond substituents is 1. The zero-order valence-electron chi connectivity index (χ0n) is 10.8. The third-order valence-electron chi connectivity index (χ3n) is 3.52. The highest BCUT2D eigenvalue weighted by molar-refractivity contribution is 6.42. The van der Waals surface area contributed by atoms with Crippen molar-refractivity contribution in [3.05, 3.63) is 27.7 Å². The molecule has 1 amide bonds. The molecule has 1 saturated heterocycles. The van der Waals surface area contributed by atoms with Crippen LogP contribution in [0, 0.1) is 0 Å². The standard InChI is InChI=1S/C14H17Cl2NO2/c1-9(8-17-7-3-2-4-12(17)19)13-11(18)6-5-10(15)14(13)16/h5-6,9,18H,2-4,7-8H2,1H3/t9-/m0/s1. The third kappa shape index (κ3) is 3.15. The Hall–Kier alpha value is -0.930. The minimum Gasteiger partial charge on any atom is -0.508 e. The van der Waals surface area contributed by atoms with E-state index in [0.717, 1.165) is 19.4 Å². The number of hydrogen-bond acceptors (Lipinski definition) is 2. The van der Waals surface area contributed by atoms with Gasteiger partial charge in [-0.15, -0.1) is 0 Å². The lowest BCUT2D eigenvalue weighted by molar-refractivity contribution is -0.133. The van der Waals surface area contributed by atoms with Gasteiger partial charge in [-0.3, -0.25) is 4.79 Å². The second-order valence-corrected chi connectivity index (χ2v) is 5.78. The van der Waals surface area contributed by atoms with E-state index in [2.05, 4.69) is 0 Å². The molecule has 3 nitrogen and oxygen atoms in total. The lowest BCUT2D eigenvalue weighted by Gasteiger charge is -2.30. The van der Waals surface area contributed by atoms with Crippen LogP contribution in [-0.2, 0) is 4.79 Å². The number of hydrogen-bond donors (Lipinski definition) is 1. The van der Waals surface area contributed by atoms with E-state index in [1.807, 2.05) is 11.8 Å². The average molecular weight is 302 g/mol. The first kappa shape index (κ1) is 14.5. The molecule has 0 unspecified atom stereocenters. The third-order valence-corrected chi connectivity index (χ3v) is 4.34. The summed E-state index contributed by atoms with van der Waals surface area (Å²) in [5, 5.41) is 10.7. The van der Waals surface area contributed by atoms with Gasteiger partial charge in [-0.2, -0.15) is 0 Å². The Labute approximate surface area is 123 Å². The average Bonchev–Trinajstić information content (AvgIpc) is 2.37. The number of halogens is 2. The molecule has 0 radical (unpaired) electrons. The quantitative estimate of drug-likeness (QED) is 0.922. The van der Waals surface area contributed by atoms with E-state index >= 15 is 0 Å². The summed E-state index contributed by atoms with van der Waals surface area (Å²) in [4.78, 5) is 13.6. The Bertz CT molecular complexity index is 491. The first-order chi connectivity index (χ1) is 9.00. The lowest BCUT2D eigenvalue weighted by atomic mass is 9.98. The number of amides is 1. The van der Waals surface area contributed by atoms with Crippen molar-refractivity contribution in [3.63, 3.8) is 0 Å². The van der Waals surface area contributed by atoms with Crippen molar-refractivity contribution in [2.24, 2.45) is 0 Å². The Morgan fingerprint density at radius 3 is 2.79 bits per heavy atom. The molecule has 1 aromatic rings. The number of carbonyl (C=O) groups excluding carboxylic acids is 1. The fourth-order valence-corrected chi connectivity index (χ4v) is 3.01. The molecule has 1 aromatic carbocycles. The van der Waals surface area contributed by atoms with Crippen molar-refractivity contribution in [2.45, 2.75) is 32.1 Å². The fraction of sp³-hybridized carbons (Fsp3) is 0.500. The van der Waals surface area contributed by atoms with E-state index < -0.39 is 0 Å². The zero-order valence-corrected chi connectivity index (χ0v) is 12.3. The topological polar surface area (TPSA) is 40.5 Å². The summed E-state index contributed by atoms with van der Waals surface area (Å²) >= 11 is 12.1. The highest BCUT2D eigenvalue weighted by Crippen LogP contribution is 2.37. The smallest absolute Gasteiger partial charge is 0.222 e. The van der Waals surface area contributed by atoms with Crippen LogP contribution in [-0.4, -0.2) is 29.0 Å². The monoisotopic (exact) mass is 301 g/mol. The van der Waals surface area contributed by atoms with Crippen LogP contribution in [0.3, 0.4) is 0 Å². The Morgan fingerprint density at radius 2 is 2.11 bits per heavy atom. The predicted octanol–water partition coefficient (Wildman–Crippen LogP) is 3.82. The van der Waals surface area contributed by atoms with Gasteiger partial charge in [-0.05, 0) is 25.0 Å². The van der Waals surface area contributed by atoms with Crippen molar-refractivity contribution >= 4 is 29.1 Å². The number of likely N-dealkylation sites (tertiary alicyclic amines) is 1. The van der Waals surface area contributed by atoms with Crippen LogP contribution in [0.2, 0.25) is 10.0 Å². The molecular formula is C14H17Cl2NO2. The van der Waals surface area contributed by atoms with Crippen LogP contribution < -0.4 is 0 Å². The van der Waals surface area contributed by atoms with Gasteiger partial charge in [-0.1, -0.05) is 30.1 Å². The molecule has 2 rings (SSSR count). The predicted molar refractivity (Wildman–Crippen MR) is 77.0 cm³/mol. The summed E-state index contributed by atoms with van der Waals surface area (Å²) in [6.45, 7) is 3.29. The van der Waals surface area contributed by atoms with Crippen molar-refractivity contribution in [1.29, 1.82) is 0 Å². The van der Waals surface area contributed by atoms with E-state index in [0.29, 0.717) is 28.6 Å². The van der Waals surface area contributed by atoms with Crippen molar-refractivity contribution < 1.29 is 9.90 Å². The molecule has 1 N–H and O–H groups in total. The molecule has 0 aromatic heterocycles. The fourth-order valence-electron chi connectivity index (χ4n) is 2.50. The molecule has 5 heteroatoms. The van der Waals surface area contributed by atoms with Crippen LogP contribution in [0.25, 0.3) is 0 Å². The molecule has 0 spiro atoms. The molecule has 0 bridgehead atoms. The minimum atomic E-state index is -0.0479. The van der Waals surface area contributed by atoms with Crippen molar-refractivity contribution in [2.75, 3.05) is 13.1 Å². The summed E-state index contributed by atoms with van der Waals surface area (Å²) in [6.07, 6.45) is 2.61. The van der Waals surface area contributed by atoms with Crippen molar-refractivity contribution in [1.82, 2.24) is 4.90 Å². The van der Waals surface area contributed by atoms with Gasteiger partial charge in [0.2, 0.25) is 5.91 Å². The molecule has 1 aliphatic heterocycles. The number of phenols is 1. The number of aromatic hydroxyl groups is 1. The number of rotatable bonds is 3. The maximum absolute atomic E-state index is 11.8.